The molecule has 0 aromatic heterocycles. The Bertz CT molecular complexity index is 567. The van der Waals surface area contributed by atoms with Crippen molar-refractivity contribution >= 4 is 22.1 Å². The van der Waals surface area contributed by atoms with Crippen molar-refractivity contribution in [2.45, 2.75) is 19.8 Å². The van der Waals surface area contributed by atoms with E-state index in [-0.39, 0.29) is 10.6 Å². The monoisotopic (exact) mass is 244 g/mol. The first-order valence-electron chi connectivity index (χ1n) is 6.14. The summed E-state index contributed by atoms with van der Waals surface area (Å²) in [6.45, 7) is 2.85. The number of hydrogen-bond donors (Lipinski definition) is 1. The molecule has 2 aromatic carbocycles. The number of nitrogens with zero attached hydrogens (tertiary/aromatic N) is 1. The third kappa shape index (κ3) is 2.42. The summed E-state index contributed by atoms with van der Waals surface area (Å²) in [6.07, 6.45) is 2.07. The van der Waals surface area contributed by atoms with Gasteiger partial charge in [0.2, 0.25) is 0 Å². The minimum absolute atomic E-state index is 0.171. The van der Waals surface area contributed by atoms with E-state index in [9.17, 15) is 10.1 Å². The molecule has 0 saturated heterocycles. The minimum Gasteiger partial charge on any atom is -0.379 e. The van der Waals surface area contributed by atoms with Crippen LogP contribution in [0.5, 0.6) is 0 Å². The van der Waals surface area contributed by atoms with Gasteiger partial charge < -0.3 is 5.32 Å². The van der Waals surface area contributed by atoms with Crippen LogP contribution in [0.1, 0.15) is 19.8 Å². The Labute approximate surface area is 106 Å². The van der Waals surface area contributed by atoms with E-state index in [4.69, 9.17) is 0 Å². The molecule has 0 heterocycles. The fourth-order valence-electron chi connectivity index (χ4n) is 1.99. The summed E-state index contributed by atoms with van der Waals surface area (Å²) >= 11 is 0. The molecule has 0 atom stereocenters. The second kappa shape index (κ2) is 5.49. The number of nitro benzene ring substituents is 1. The number of fused-ring (bicyclic) bond motifs is 1. The molecule has 4 heteroatoms. The van der Waals surface area contributed by atoms with Crippen molar-refractivity contribution in [1.82, 2.24) is 0 Å². The second-order valence-electron chi connectivity index (χ2n) is 4.22. The molecular formula is C14H16N2O2. The number of hydrogen-bond acceptors (Lipinski definition) is 3. The molecule has 0 aliphatic carbocycles. The number of anilines is 1. The van der Waals surface area contributed by atoms with Crippen molar-refractivity contribution < 1.29 is 4.92 Å². The van der Waals surface area contributed by atoms with Gasteiger partial charge in [-0.3, -0.25) is 10.1 Å². The Hall–Kier alpha value is -2.10. The summed E-state index contributed by atoms with van der Waals surface area (Å²) in [4.78, 5) is 10.9. The van der Waals surface area contributed by atoms with Crippen molar-refractivity contribution in [2.75, 3.05) is 11.9 Å². The molecule has 1 N–H and O–H groups in total. The third-order valence-electron chi connectivity index (χ3n) is 2.93. The molecule has 0 bridgehead atoms. The Kier molecular flexibility index (Phi) is 3.77. The van der Waals surface area contributed by atoms with Crippen LogP contribution in [0.4, 0.5) is 11.4 Å². The molecule has 0 fully saturated rings. The van der Waals surface area contributed by atoms with E-state index in [0.717, 1.165) is 24.8 Å². The smallest absolute Gasteiger partial charge is 0.300 e. The van der Waals surface area contributed by atoms with Gasteiger partial charge in [-0.25, -0.2) is 0 Å². The highest BCUT2D eigenvalue weighted by Crippen LogP contribution is 2.33. The highest BCUT2D eigenvalue weighted by molar-refractivity contribution is 5.96. The summed E-state index contributed by atoms with van der Waals surface area (Å²) in [7, 11) is 0. The van der Waals surface area contributed by atoms with E-state index in [1.807, 2.05) is 24.3 Å². The SMILES string of the molecule is CCCCNc1ccc2ccccc2c1[N+](=O)[O-]. The second-order valence-corrected chi connectivity index (χ2v) is 4.22. The van der Waals surface area contributed by atoms with E-state index < -0.39 is 0 Å². The van der Waals surface area contributed by atoms with Gasteiger partial charge in [-0.2, -0.15) is 0 Å². The van der Waals surface area contributed by atoms with Crippen molar-refractivity contribution in [2.24, 2.45) is 0 Å². The van der Waals surface area contributed by atoms with Gasteiger partial charge in [-0.15, -0.1) is 0 Å². The van der Waals surface area contributed by atoms with Gasteiger partial charge in [0.1, 0.15) is 5.69 Å². The Morgan fingerprint density at radius 1 is 1.22 bits per heavy atom. The lowest BCUT2D eigenvalue weighted by Gasteiger charge is -2.08. The lowest BCUT2D eigenvalue weighted by atomic mass is 10.1. The molecule has 0 aliphatic heterocycles. The van der Waals surface area contributed by atoms with E-state index in [1.165, 1.54) is 0 Å². The van der Waals surface area contributed by atoms with Gasteiger partial charge >= 0.3 is 0 Å². The molecule has 2 aromatic rings. The van der Waals surface area contributed by atoms with Crippen LogP contribution in [0.25, 0.3) is 10.8 Å². The molecule has 0 saturated carbocycles. The molecule has 0 spiro atoms. The van der Waals surface area contributed by atoms with Crippen LogP contribution in [0, 0.1) is 10.1 Å². The zero-order chi connectivity index (χ0) is 13.0. The molecule has 2 rings (SSSR count). The van der Waals surface area contributed by atoms with Crippen LogP contribution in [0.15, 0.2) is 36.4 Å². The Morgan fingerprint density at radius 2 is 2.00 bits per heavy atom. The normalized spacial score (nSPS) is 10.5. The Balaban J connectivity index is 2.46. The van der Waals surface area contributed by atoms with Gasteiger partial charge in [0, 0.05) is 6.54 Å². The molecule has 0 amide bonds. The fourth-order valence-corrected chi connectivity index (χ4v) is 1.99. The van der Waals surface area contributed by atoms with Crippen molar-refractivity contribution in [3.63, 3.8) is 0 Å². The van der Waals surface area contributed by atoms with Gasteiger partial charge in [-0.05, 0) is 23.9 Å². The Morgan fingerprint density at radius 3 is 2.72 bits per heavy atom. The largest absolute Gasteiger partial charge is 0.379 e. The third-order valence-corrected chi connectivity index (χ3v) is 2.93. The van der Waals surface area contributed by atoms with Crippen LogP contribution in [-0.2, 0) is 0 Å². The van der Waals surface area contributed by atoms with E-state index >= 15 is 0 Å². The molecule has 18 heavy (non-hydrogen) atoms. The number of nitro groups is 1. The molecular weight excluding hydrogens is 228 g/mol. The summed E-state index contributed by atoms with van der Waals surface area (Å²) in [5, 5.41) is 16.0. The molecule has 4 nitrogen and oxygen atoms in total. The maximum Gasteiger partial charge on any atom is 0.300 e. The van der Waals surface area contributed by atoms with Gasteiger partial charge in [0.25, 0.3) is 5.69 Å². The highest BCUT2D eigenvalue weighted by Gasteiger charge is 2.17. The predicted octanol–water partition coefficient (Wildman–Crippen LogP) is 3.96. The number of nitrogens with one attached hydrogen (secondary N) is 1. The van der Waals surface area contributed by atoms with Crippen LogP contribution >= 0.6 is 0 Å². The number of rotatable bonds is 5. The average Bonchev–Trinajstić information content (AvgIpc) is 2.38. The number of benzene rings is 2. The number of unbranched alkanes of at least 4 members (excludes halogenated alkanes) is 1. The van der Waals surface area contributed by atoms with E-state index in [0.29, 0.717) is 11.1 Å². The summed E-state index contributed by atoms with van der Waals surface area (Å²) in [5.41, 5.74) is 0.774. The molecule has 0 radical (unpaired) electrons. The van der Waals surface area contributed by atoms with Gasteiger partial charge in [-0.1, -0.05) is 37.6 Å². The standard InChI is InChI=1S/C14H16N2O2/c1-2-3-10-15-13-9-8-11-6-4-5-7-12(11)14(13)16(17)18/h4-9,15H,2-3,10H2,1H3. The van der Waals surface area contributed by atoms with Crippen LogP contribution in [-0.4, -0.2) is 11.5 Å². The topological polar surface area (TPSA) is 55.2 Å². The van der Waals surface area contributed by atoms with E-state index in [2.05, 4.69) is 12.2 Å². The van der Waals surface area contributed by atoms with Crippen molar-refractivity contribution in [1.29, 1.82) is 0 Å². The first-order chi connectivity index (χ1) is 8.74. The van der Waals surface area contributed by atoms with Gasteiger partial charge in [0.05, 0.1) is 10.3 Å². The summed E-state index contributed by atoms with van der Waals surface area (Å²) in [6, 6.07) is 11.1. The van der Waals surface area contributed by atoms with Crippen LogP contribution < -0.4 is 5.32 Å². The summed E-state index contributed by atoms with van der Waals surface area (Å²) < 4.78 is 0. The first kappa shape index (κ1) is 12.4. The van der Waals surface area contributed by atoms with Crippen LogP contribution in [0.3, 0.4) is 0 Å². The van der Waals surface area contributed by atoms with Crippen molar-refractivity contribution in [3.05, 3.63) is 46.5 Å². The first-order valence-corrected chi connectivity index (χ1v) is 6.14. The van der Waals surface area contributed by atoms with Crippen LogP contribution in [0.2, 0.25) is 0 Å². The van der Waals surface area contributed by atoms with Crippen molar-refractivity contribution in [3.8, 4) is 0 Å². The lowest BCUT2D eigenvalue weighted by Crippen LogP contribution is -2.04. The molecule has 0 unspecified atom stereocenters. The predicted molar refractivity (Wildman–Crippen MR) is 74.0 cm³/mol. The quantitative estimate of drug-likeness (QED) is 0.492. The van der Waals surface area contributed by atoms with E-state index in [1.54, 1.807) is 12.1 Å². The summed E-state index contributed by atoms with van der Waals surface area (Å²) in [5.74, 6) is 0. The highest BCUT2D eigenvalue weighted by atomic mass is 16.6. The molecule has 0 aliphatic rings. The fraction of sp³-hybridized carbons (Fsp3) is 0.286. The zero-order valence-electron chi connectivity index (χ0n) is 10.3. The maximum absolute atomic E-state index is 11.2. The molecule has 94 valence electrons. The maximum atomic E-state index is 11.2. The average molecular weight is 244 g/mol. The lowest BCUT2D eigenvalue weighted by molar-refractivity contribution is -0.382. The zero-order valence-corrected chi connectivity index (χ0v) is 10.3. The van der Waals surface area contributed by atoms with Gasteiger partial charge in [0.15, 0.2) is 0 Å². The minimum atomic E-state index is -0.309.